The molecule has 0 radical (unpaired) electrons. The molecule has 21 heavy (non-hydrogen) atoms. The maximum absolute atomic E-state index is 8.99. The van der Waals surface area contributed by atoms with E-state index in [4.69, 9.17) is 14.7 Å². The molecule has 0 aliphatic heterocycles. The minimum atomic E-state index is 0.412. The molecule has 0 aromatic heterocycles. The van der Waals surface area contributed by atoms with E-state index < -0.39 is 0 Å². The van der Waals surface area contributed by atoms with Gasteiger partial charge in [0.2, 0.25) is 0 Å². The Labute approximate surface area is 127 Å². The van der Waals surface area contributed by atoms with Gasteiger partial charge in [-0.2, -0.15) is 5.26 Å². The van der Waals surface area contributed by atoms with Gasteiger partial charge in [0, 0.05) is 6.42 Å². The van der Waals surface area contributed by atoms with Gasteiger partial charge in [-0.3, -0.25) is 0 Å². The Bertz CT molecular complexity index is 470. The molecular weight excluding hydrogens is 262 g/mol. The van der Waals surface area contributed by atoms with E-state index >= 15 is 0 Å². The molecule has 3 nitrogen and oxygen atoms in total. The molecule has 0 bridgehead atoms. The molecule has 0 heterocycles. The van der Waals surface area contributed by atoms with Crippen molar-refractivity contribution >= 4 is 0 Å². The second-order valence-corrected chi connectivity index (χ2v) is 6.22. The average molecular weight is 287 g/mol. The van der Waals surface area contributed by atoms with E-state index in [0.29, 0.717) is 24.0 Å². The van der Waals surface area contributed by atoms with Gasteiger partial charge < -0.3 is 9.47 Å². The Kier molecular flexibility index (Phi) is 6.07. The van der Waals surface area contributed by atoms with Crippen molar-refractivity contribution in [2.45, 2.75) is 45.6 Å². The minimum Gasteiger partial charge on any atom is -0.492 e. The van der Waals surface area contributed by atoms with Crippen molar-refractivity contribution in [3.63, 3.8) is 0 Å². The van der Waals surface area contributed by atoms with Crippen LogP contribution in [-0.4, -0.2) is 19.3 Å². The molecule has 0 spiro atoms. The first-order valence-electron chi connectivity index (χ1n) is 7.92. The van der Waals surface area contributed by atoms with Gasteiger partial charge in [-0.05, 0) is 43.2 Å². The van der Waals surface area contributed by atoms with Crippen LogP contribution >= 0.6 is 0 Å². The number of ether oxygens (including phenoxy) is 2. The molecule has 1 fully saturated rings. The van der Waals surface area contributed by atoms with Crippen molar-refractivity contribution in [1.29, 1.82) is 5.26 Å². The van der Waals surface area contributed by atoms with Crippen LogP contribution in [0.25, 0.3) is 0 Å². The van der Waals surface area contributed by atoms with E-state index in [9.17, 15) is 0 Å². The summed E-state index contributed by atoms with van der Waals surface area (Å²) in [4.78, 5) is 0. The molecule has 0 saturated heterocycles. The van der Waals surface area contributed by atoms with Crippen LogP contribution in [0.4, 0.5) is 0 Å². The quantitative estimate of drug-likeness (QED) is 0.737. The van der Waals surface area contributed by atoms with Gasteiger partial charge in [0.1, 0.15) is 11.8 Å². The standard InChI is InChI=1S/C18H25NO2/c1-14-10-15(2)12-17(11-14)20-8-5-9-21-18-7-4-3-6-16(18)13-19/h3-4,6-7,14-15,17H,5,8-12H2,1-2H3. The lowest BCUT2D eigenvalue weighted by Crippen LogP contribution is -2.26. The van der Waals surface area contributed by atoms with Crippen LogP contribution in [0.2, 0.25) is 0 Å². The summed E-state index contributed by atoms with van der Waals surface area (Å²) in [7, 11) is 0. The molecule has 1 aromatic carbocycles. The highest BCUT2D eigenvalue weighted by Crippen LogP contribution is 2.30. The molecule has 0 amide bonds. The molecule has 2 unspecified atom stereocenters. The third-order valence-electron chi connectivity index (χ3n) is 4.04. The summed E-state index contributed by atoms with van der Waals surface area (Å²) < 4.78 is 11.6. The van der Waals surface area contributed by atoms with Gasteiger partial charge in [0.15, 0.2) is 0 Å². The zero-order chi connectivity index (χ0) is 15.1. The molecule has 3 heteroatoms. The maximum atomic E-state index is 8.99. The van der Waals surface area contributed by atoms with Crippen LogP contribution in [0.1, 0.15) is 45.1 Å². The Balaban J connectivity index is 1.65. The van der Waals surface area contributed by atoms with E-state index in [0.717, 1.165) is 24.9 Å². The predicted molar refractivity (Wildman–Crippen MR) is 83.2 cm³/mol. The van der Waals surface area contributed by atoms with Gasteiger partial charge in [0.25, 0.3) is 0 Å². The first-order valence-corrected chi connectivity index (χ1v) is 7.92. The predicted octanol–water partition coefficient (Wildman–Crippen LogP) is 4.17. The van der Waals surface area contributed by atoms with Crippen LogP contribution in [0.3, 0.4) is 0 Å². The number of benzene rings is 1. The number of hydrogen-bond donors (Lipinski definition) is 0. The highest BCUT2D eigenvalue weighted by atomic mass is 16.5. The maximum Gasteiger partial charge on any atom is 0.137 e. The smallest absolute Gasteiger partial charge is 0.137 e. The van der Waals surface area contributed by atoms with E-state index in [1.165, 1.54) is 19.3 Å². The molecule has 0 N–H and O–H groups in total. The zero-order valence-electron chi connectivity index (χ0n) is 13.0. The molecule has 1 aliphatic carbocycles. The van der Waals surface area contributed by atoms with E-state index in [2.05, 4.69) is 19.9 Å². The summed E-state index contributed by atoms with van der Waals surface area (Å²) >= 11 is 0. The summed E-state index contributed by atoms with van der Waals surface area (Å²) in [6.07, 6.45) is 4.97. The first kappa shape index (κ1) is 15.9. The first-order chi connectivity index (χ1) is 10.2. The number of nitriles is 1. The van der Waals surface area contributed by atoms with Gasteiger partial charge in [-0.15, -0.1) is 0 Å². The van der Waals surface area contributed by atoms with E-state index in [-0.39, 0.29) is 0 Å². The summed E-state index contributed by atoms with van der Waals surface area (Å²) in [6.45, 7) is 5.96. The number of nitrogens with zero attached hydrogens (tertiary/aromatic N) is 1. The third-order valence-corrected chi connectivity index (χ3v) is 4.04. The van der Waals surface area contributed by atoms with Crippen LogP contribution in [0.15, 0.2) is 24.3 Å². The van der Waals surface area contributed by atoms with Crippen molar-refractivity contribution in [2.75, 3.05) is 13.2 Å². The molecule has 114 valence electrons. The van der Waals surface area contributed by atoms with Crippen molar-refractivity contribution in [3.05, 3.63) is 29.8 Å². The lowest BCUT2D eigenvalue weighted by Gasteiger charge is -2.31. The SMILES string of the molecule is CC1CC(C)CC(OCCCOc2ccccc2C#N)C1. The van der Waals surface area contributed by atoms with Crippen LogP contribution in [0.5, 0.6) is 5.75 Å². The summed E-state index contributed by atoms with van der Waals surface area (Å²) in [5, 5.41) is 8.99. The molecule has 1 aliphatic rings. The second-order valence-electron chi connectivity index (χ2n) is 6.22. The molecule has 1 aromatic rings. The zero-order valence-corrected chi connectivity index (χ0v) is 13.0. The lowest BCUT2D eigenvalue weighted by atomic mass is 9.82. The number of rotatable bonds is 6. The molecule has 1 saturated carbocycles. The summed E-state index contributed by atoms with van der Waals surface area (Å²) in [5.41, 5.74) is 0.591. The summed E-state index contributed by atoms with van der Waals surface area (Å²) in [6, 6.07) is 9.49. The molecule has 2 atom stereocenters. The fourth-order valence-electron chi connectivity index (χ4n) is 3.19. The van der Waals surface area contributed by atoms with Crippen LogP contribution in [-0.2, 0) is 4.74 Å². The Hall–Kier alpha value is -1.53. The number of hydrogen-bond acceptors (Lipinski definition) is 3. The topological polar surface area (TPSA) is 42.2 Å². The molecule has 2 rings (SSSR count). The van der Waals surface area contributed by atoms with Crippen molar-refractivity contribution in [2.24, 2.45) is 11.8 Å². The van der Waals surface area contributed by atoms with Crippen LogP contribution < -0.4 is 4.74 Å². The summed E-state index contributed by atoms with van der Waals surface area (Å²) in [5.74, 6) is 2.22. The van der Waals surface area contributed by atoms with Crippen molar-refractivity contribution in [3.8, 4) is 11.8 Å². The lowest BCUT2D eigenvalue weighted by molar-refractivity contribution is -0.00321. The fourth-order valence-corrected chi connectivity index (χ4v) is 3.19. The van der Waals surface area contributed by atoms with E-state index in [1.54, 1.807) is 6.07 Å². The van der Waals surface area contributed by atoms with Gasteiger partial charge in [-0.25, -0.2) is 0 Å². The second kappa shape index (κ2) is 8.05. The fraction of sp³-hybridized carbons (Fsp3) is 0.611. The van der Waals surface area contributed by atoms with Crippen LogP contribution in [0, 0.1) is 23.2 Å². The monoisotopic (exact) mass is 287 g/mol. The van der Waals surface area contributed by atoms with Gasteiger partial charge in [-0.1, -0.05) is 26.0 Å². The van der Waals surface area contributed by atoms with Crippen molar-refractivity contribution in [1.82, 2.24) is 0 Å². The van der Waals surface area contributed by atoms with Gasteiger partial charge in [0.05, 0.1) is 24.9 Å². The van der Waals surface area contributed by atoms with E-state index in [1.807, 2.05) is 18.2 Å². The molecular formula is C18H25NO2. The normalized spacial score (nSPS) is 25.3. The largest absolute Gasteiger partial charge is 0.492 e. The Morgan fingerprint density at radius 1 is 1.10 bits per heavy atom. The highest BCUT2D eigenvalue weighted by molar-refractivity contribution is 5.42. The Morgan fingerprint density at radius 2 is 1.81 bits per heavy atom. The average Bonchev–Trinajstić information content (AvgIpc) is 2.46. The number of para-hydroxylation sites is 1. The highest BCUT2D eigenvalue weighted by Gasteiger charge is 2.24. The third kappa shape index (κ3) is 5.06. The Morgan fingerprint density at radius 3 is 2.52 bits per heavy atom. The minimum absolute atomic E-state index is 0.412. The van der Waals surface area contributed by atoms with Crippen molar-refractivity contribution < 1.29 is 9.47 Å². The van der Waals surface area contributed by atoms with Gasteiger partial charge >= 0.3 is 0 Å².